The molecule has 2 aromatic rings. The molecule has 1 aromatic carbocycles. The molecule has 7 heteroatoms. The highest BCUT2D eigenvalue weighted by atomic mass is 79.9. The van der Waals surface area contributed by atoms with Gasteiger partial charge in [0.1, 0.15) is 5.69 Å². The van der Waals surface area contributed by atoms with Crippen molar-refractivity contribution in [1.82, 2.24) is 9.78 Å². The fourth-order valence-electron chi connectivity index (χ4n) is 1.92. The molecule has 0 aliphatic rings. The molecule has 0 amide bonds. The fraction of sp³-hybridized carbons (Fsp3) is 0.308. The summed E-state index contributed by atoms with van der Waals surface area (Å²) < 4.78 is 2.26. The van der Waals surface area contributed by atoms with Gasteiger partial charge in [0.25, 0.3) is 0 Å². The number of nitro groups is 1. The monoisotopic (exact) mass is 357 g/mol. The quantitative estimate of drug-likeness (QED) is 0.601. The molecule has 0 radical (unpaired) electrons. The van der Waals surface area contributed by atoms with Crippen molar-refractivity contribution < 1.29 is 4.92 Å². The number of rotatable bonds is 4. The van der Waals surface area contributed by atoms with Gasteiger partial charge in [-0.15, -0.1) is 0 Å². The Hall–Kier alpha value is -1.40. The minimum Gasteiger partial charge on any atom is -0.258 e. The Morgan fingerprint density at radius 1 is 1.50 bits per heavy atom. The first-order valence-electron chi connectivity index (χ1n) is 6.08. The Labute approximate surface area is 129 Å². The summed E-state index contributed by atoms with van der Waals surface area (Å²) >= 11 is 9.50. The van der Waals surface area contributed by atoms with E-state index in [1.165, 1.54) is 4.68 Å². The third-order valence-electron chi connectivity index (χ3n) is 2.71. The summed E-state index contributed by atoms with van der Waals surface area (Å²) in [5.74, 6) is 0.260. The van der Waals surface area contributed by atoms with Crippen LogP contribution in [0.15, 0.2) is 28.7 Å². The molecule has 0 atom stereocenters. The maximum absolute atomic E-state index is 11.2. The van der Waals surface area contributed by atoms with Crippen molar-refractivity contribution in [3.8, 4) is 5.69 Å². The summed E-state index contributed by atoms with van der Waals surface area (Å²) in [6.07, 6.45) is 0.511. The van der Waals surface area contributed by atoms with Crippen LogP contribution in [0.4, 0.5) is 5.69 Å². The smallest absolute Gasteiger partial charge is 0.258 e. The summed E-state index contributed by atoms with van der Waals surface area (Å²) in [5, 5.41) is 15.5. The first-order chi connectivity index (χ1) is 9.40. The molecule has 0 aliphatic heterocycles. The lowest BCUT2D eigenvalue weighted by Gasteiger charge is -2.02. The van der Waals surface area contributed by atoms with Crippen molar-refractivity contribution in [3.05, 3.63) is 49.7 Å². The normalized spacial score (nSPS) is 11.1. The van der Waals surface area contributed by atoms with Gasteiger partial charge in [-0.3, -0.25) is 10.1 Å². The van der Waals surface area contributed by atoms with E-state index in [-0.39, 0.29) is 16.8 Å². The van der Waals surface area contributed by atoms with E-state index < -0.39 is 4.92 Å². The molecule has 0 N–H and O–H groups in total. The molecule has 0 saturated heterocycles. The van der Waals surface area contributed by atoms with Gasteiger partial charge < -0.3 is 0 Å². The van der Waals surface area contributed by atoms with E-state index in [4.69, 9.17) is 11.6 Å². The lowest BCUT2D eigenvalue weighted by atomic mass is 10.1. The van der Waals surface area contributed by atoms with Gasteiger partial charge in [0.15, 0.2) is 0 Å². The lowest BCUT2D eigenvalue weighted by Crippen LogP contribution is -2.00. The Kier molecular flexibility index (Phi) is 4.45. The molecule has 5 nitrogen and oxygen atoms in total. The van der Waals surface area contributed by atoms with Gasteiger partial charge >= 0.3 is 5.69 Å². The van der Waals surface area contributed by atoms with E-state index in [0.29, 0.717) is 17.8 Å². The van der Waals surface area contributed by atoms with E-state index in [1.807, 2.05) is 32.0 Å². The molecule has 0 unspecified atom stereocenters. The van der Waals surface area contributed by atoms with Crippen molar-refractivity contribution in [3.63, 3.8) is 0 Å². The minimum absolute atomic E-state index is 0.0313. The van der Waals surface area contributed by atoms with Crippen LogP contribution in [0.5, 0.6) is 0 Å². The summed E-state index contributed by atoms with van der Waals surface area (Å²) in [5.41, 5.74) is 0.984. The first-order valence-corrected chi connectivity index (χ1v) is 7.25. The summed E-state index contributed by atoms with van der Waals surface area (Å²) in [7, 11) is 0. The third kappa shape index (κ3) is 3.02. The Morgan fingerprint density at radius 2 is 2.20 bits per heavy atom. The van der Waals surface area contributed by atoms with Gasteiger partial charge in [-0.2, -0.15) is 5.10 Å². The Bertz CT molecular complexity index is 655. The predicted molar refractivity (Wildman–Crippen MR) is 81.5 cm³/mol. The highest BCUT2D eigenvalue weighted by Crippen LogP contribution is 2.32. The van der Waals surface area contributed by atoms with E-state index in [9.17, 15) is 10.1 Å². The average molecular weight is 359 g/mol. The standard InChI is InChI=1S/C13H13BrClN3O2/c1-8(2)6-11-12(18(19)20)13(15)17(16-11)10-5-3-4-9(14)7-10/h3-5,7-8H,6H2,1-2H3. The highest BCUT2D eigenvalue weighted by Gasteiger charge is 2.27. The van der Waals surface area contributed by atoms with Crippen LogP contribution in [-0.4, -0.2) is 14.7 Å². The van der Waals surface area contributed by atoms with E-state index in [1.54, 1.807) is 6.07 Å². The van der Waals surface area contributed by atoms with Gasteiger partial charge in [0.05, 0.1) is 10.6 Å². The molecular weight excluding hydrogens is 346 g/mol. The van der Waals surface area contributed by atoms with Crippen LogP contribution in [0, 0.1) is 16.0 Å². The molecular formula is C13H13BrClN3O2. The topological polar surface area (TPSA) is 61.0 Å². The van der Waals surface area contributed by atoms with Gasteiger partial charge in [-0.05, 0) is 24.1 Å². The number of aromatic nitrogens is 2. The lowest BCUT2D eigenvalue weighted by molar-refractivity contribution is -0.385. The zero-order valence-corrected chi connectivity index (χ0v) is 13.3. The van der Waals surface area contributed by atoms with E-state index in [2.05, 4.69) is 21.0 Å². The van der Waals surface area contributed by atoms with Crippen molar-refractivity contribution >= 4 is 33.2 Å². The second-order valence-corrected chi connectivity index (χ2v) is 6.11. The minimum atomic E-state index is -0.471. The van der Waals surface area contributed by atoms with Crippen LogP contribution in [0.2, 0.25) is 5.15 Å². The molecule has 20 heavy (non-hydrogen) atoms. The molecule has 0 aliphatic carbocycles. The summed E-state index contributed by atoms with van der Waals surface area (Å²) in [6.45, 7) is 3.96. The third-order valence-corrected chi connectivity index (χ3v) is 3.54. The van der Waals surface area contributed by atoms with Gasteiger partial charge in [0.2, 0.25) is 5.15 Å². The van der Waals surface area contributed by atoms with Crippen molar-refractivity contribution in [1.29, 1.82) is 0 Å². The zero-order chi connectivity index (χ0) is 14.9. The summed E-state index contributed by atoms with van der Waals surface area (Å²) in [4.78, 5) is 10.7. The molecule has 1 aromatic heterocycles. The van der Waals surface area contributed by atoms with Gasteiger partial charge in [0, 0.05) is 10.9 Å². The van der Waals surface area contributed by atoms with Crippen molar-refractivity contribution in [2.75, 3.05) is 0 Å². The van der Waals surface area contributed by atoms with Crippen LogP contribution in [0.3, 0.4) is 0 Å². The van der Waals surface area contributed by atoms with Crippen LogP contribution in [0.1, 0.15) is 19.5 Å². The second kappa shape index (κ2) is 5.93. The van der Waals surface area contributed by atoms with Gasteiger partial charge in [-0.25, -0.2) is 4.68 Å². The number of hydrogen-bond acceptors (Lipinski definition) is 3. The Morgan fingerprint density at radius 3 is 2.75 bits per heavy atom. The number of halogens is 2. The molecule has 2 rings (SSSR count). The van der Waals surface area contributed by atoms with E-state index in [0.717, 1.165) is 4.47 Å². The zero-order valence-electron chi connectivity index (χ0n) is 11.0. The number of benzene rings is 1. The number of hydrogen-bond donors (Lipinski definition) is 0. The second-order valence-electron chi connectivity index (χ2n) is 4.83. The average Bonchev–Trinajstić information content (AvgIpc) is 2.65. The molecule has 0 bridgehead atoms. The first kappa shape index (κ1) is 15.0. The van der Waals surface area contributed by atoms with Crippen LogP contribution >= 0.6 is 27.5 Å². The maximum Gasteiger partial charge on any atom is 0.329 e. The van der Waals surface area contributed by atoms with Crippen molar-refractivity contribution in [2.45, 2.75) is 20.3 Å². The van der Waals surface area contributed by atoms with Gasteiger partial charge in [-0.1, -0.05) is 47.4 Å². The highest BCUT2D eigenvalue weighted by molar-refractivity contribution is 9.10. The van der Waals surface area contributed by atoms with Crippen molar-refractivity contribution in [2.24, 2.45) is 5.92 Å². The molecule has 1 heterocycles. The predicted octanol–water partition coefficient (Wildman–Crippen LogP) is 4.39. The largest absolute Gasteiger partial charge is 0.329 e. The molecule has 0 saturated carbocycles. The SMILES string of the molecule is CC(C)Cc1nn(-c2cccc(Br)c2)c(Cl)c1[N+](=O)[O-]. The molecule has 106 valence electrons. The maximum atomic E-state index is 11.2. The van der Waals surface area contributed by atoms with Crippen LogP contribution < -0.4 is 0 Å². The molecule has 0 spiro atoms. The fourth-order valence-corrected chi connectivity index (χ4v) is 2.62. The van der Waals surface area contributed by atoms with E-state index >= 15 is 0 Å². The van der Waals surface area contributed by atoms with Crippen LogP contribution in [0.25, 0.3) is 5.69 Å². The Balaban J connectivity index is 2.58. The summed E-state index contributed by atoms with van der Waals surface area (Å²) in [6, 6.07) is 7.30. The molecule has 0 fully saturated rings. The van der Waals surface area contributed by atoms with Crippen LogP contribution in [-0.2, 0) is 6.42 Å². The number of nitrogens with zero attached hydrogens (tertiary/aromatic N) is 3.